The van der Waals surface area contributed by atoms with Crippen molar-refractivity contribution in [1.29, 1.82) is 0 Å². The Balaban J connectivity index is 2.15. The van der Waals surface area contributed by atoms with Gasteiger partial charge in [0.1, 0.15) is 17.6 Å². The zero-order valence-corrected chi connectivity index (χ0v) is 12.8. The highest BCUT2D eigenvalue weighted by molar-refractivity contribution is 5.25. The first kappa shape index (κ1) is 15.2. The first-order valence-corrected chi connectivity index (χ1v) is 7.79. The van der Waals surface area contributed by atoms with E-state index < -0.39 is 0 Å². The van der Waals surface area contributed by atoms with Crippen LogP contribution < -0.4 is 4.74 Å². The Hall–Kier alpha value is -1.16. The molecule has 1 N–H and O–H groups in total. The minimum Gasteiger partial charge on any atom is -0.487 e. The van der Waals surface area contributed by atoms with Crippen molar-refractivity contribution < 1.29 is 9.84 Å². The van der Waals surface area contributed by atoms with E-state index in [9.17, 15) is 5.11 Å². The van der Waals surface area contributed by atoms with E-state index in [1.165, 1.54) is 19.3 Å². The Labute approximate surface area is 121 Å². The largest absolute Gasteiger partial charge is 0.487 e. The lowest BCUT2D eigenvalue weighted by molar-refractivity contribution is 0.0865. The van der Waals surface area contributed by atoms with Crippen molar-refractivity contribution in [3.8, 4) is 5.75 Å². The van der Waals surface area contributed by atoms with Crippen LogP contribution in [0.2, 0.25) is 0 Å². The van der Waals surface area contributed by atoms with Crippen LogP contribution >= 0.6 is 0 Å². The summed E-state index contributed by atoms with van der Waals surface area (Å²) in [7, 11) is 0. The van der Waals surface area contributed by atoms with Crippen LogP contribution in [0.15, 0.2) is 6.20 Å². The molecule has 1 aromatic heterocycles. The van der Waals surface area contributed by atoms with Gasteiger partial charge in [0.05, 0.1) is 12.8 Å². The van der Waals surface area contributed by atoms with Gasteiger partial charge in [-0.05, 0) is 31.6 Å². The highest BCUT2D eigenvalue weighted by Crippen LogP contribution is 2.31. The van der Waals surface area contributed by atoms with E-state index in [1.54, 1.807) is 6.20 Å². The Morgan fingerprint density at radius 1 is 1.35 bits per heavy atom. The van der Waals surface area contributed by atoms with Crippen molar-refractivity contribution in [1.82, 2.24) is 9.97 Å². The summed E-state index contributed by atoms with van der Waals surface area (Å²) in [6, 6.07) is 0. The lowest BCUT2D eigenvalue weighted by atomic mass is 9.85. The van der Waals surface area contributed by atoms with Gasteiger partial charge < -0.3 is 9.84 Å². The summed E-state index contributed by atoms with van der Waals surface area (Å²) in [4.78, 5) is 8.78. The number of aliphatic hydroxyl groups excluding tert-OH is 1. The summed E-state index contributed by atoms with van der Waals surface area (Å²) in [5, 5.41) is 9.51. The molecular formula is C16H26N2O2. The summed E-state index contributed by atoms with van der Waals surface area (Å²) in [6.07, 6.45) is 7.97. The standard InChI is InChI=1S/C16H26N2O2/c1-4-12-7-5-6-8-14(12)20-15-9-17-16(11(2)3)18-13(15)10-19/h9,11-12,14,19H,4-8,10H2,1-3H3. The van der Waals surface area contributed by atoms with Crippen molar-refractivity contribution in [2.24, 2.45) is 5.92 Å². The Morgan fingerprint density at radius 3 is 2.75 bits per heavy atom. The van der Waals surface area contributed by atoms with E-state index in [2.05, 4.69) is 16.9 Å². The zero-order valence-electron chi connectivity index (χ0n) is 12.8. The summed E-state index contributed by atoms with van der Waals surface area (Å²) >= 11 is 0. The van der Waals surface area contributed by atoms with E-state index in [1.807, 2.05) is 13.8 Å². The van der Waals surface area contributed by atoms with Gasteiger partial charge in [-0.15, -0.1) is 0 Å². The van der Waals surface area contributed by atoms with Crippen LogP contribution in [0.5, 0.6) is 5.75 Å². The van der Waals surface area contributed by atoms with Gasteiger partial charge in [-0.2, -0.15) is 0 Å². The molecule has 4 nitrogen and oxygen atoms in total. The summed E-state index contributed by atoms with van der Waals surface area (Å²) in [5.41, 5.74) is 0.615. The molecule has 1 heterocycles. The van der Waals surface area contributed by atoms with Crippen LogP contribution in [0.4, 0.5) is 0 Å². The molecule has 2 unspecified atom stereocenters. The van der Waals surface area contributed by atoms with Crippen LogP contribution in [-0.2, 0) is 6.61 Å². The summed E-state index contributed by atoms with van der Waals surface area (Å²) < 4.78 is 6.13. The molecule has 0 amide bonds. The fourth-order valence-corrected chi connectivity index (χ4v) is 2.87. The molecule has 1 aliphatic rings. The molecule has 0 aromatic carbocycles. The van der Waals surface area contributed by atoms with Gasteiger partial charge in [0, 0.05) is 5.92 Å². The van der Waals surface area contributed by atoms with Crippen LogP contribution in [0.1, 0.15) is 70.3 Å². The topological polar surface area (TPSA) is 55.2 Å². The predicted molar refractivity (Wildman–Crippen MR) is 78.7 cm³/mol. The molecule has 1 saturated carbocycles. The maximum absolute atomic E-state index is 9.51. The Kier molecular flexibility index (Phi) is 5.35. The lowest BCUT2D eigenvalue weighted by Crippen LogP contribution is -2.30. The number of rotatable bonds is 5. The zero-order chi connectivity index (χ0) is 14.5. The molecule has 0 spiro atoms. The molecule has 0 bridgehead atoms. The van der Waals surface area contributed by atoms with Crippen molar-refractivity contribution in [3.63, 3.8) is 0 Å². The molecule has 1 aromatic rings. The maximum atomic E-state index is 9.51. The van der Waals surface area contributed by atoms with E-state index in [0.717, 1.165) is 18.7 Å². The molecule has 0 saturated heterocycles. The molecule has 0 aliphatic heterocycles. The molecule has 1 aliphatic carbocycles. The van der Waals surface area contributed by atoms with Gasteiger partial charge in [0.15, 0.2) is 5.75 Å². The van der Waals surface area contributed by atoms with Gasteiger partial charge in [-0.1, -0.05) is 27.2 Å². The van der Waals surface area contributed by atoms with Gasteiger partial charge in [0.25, 0.3) is 0 Å². The average molecular weight is 278 g/mol. The van der Waals surface area contributed by atoms with E-state index in [0.29, 0.717) is 17.4 Å². The van der Waals surface area contributed by atoms with Crippen LogP contribution in [0.25, 0.3) is 0 Å². The van der Waals surface area contributed by atoms with Crippen molar-refractivity contribution in [2.75, 3.05) is 0 Å². The first-order chi connectivity index (χ1) is 9.65. The second-order valence-electron chi connectivity index (χ2n) is 5.96. The number of nitrogens with zero attached hydrogens (tertiary/aromatic N) is 2. The van der Waals surface area contributed by atoms with Gasteiger partial charge in [-0.25, -0.2) is 9.97 Å². The molecular weight excluding hydrogens is 252 g/mol. The van der Waals surface area contributed by atoms with E-state index in [-0.39, 0.29) is 18.6 Å². The van der Waals surface area contributed by atoms with E-state index in [4.69, 9.17) is 4.74 Å². The third kappa shape index (κ3) is 3.48. The number of hydrogen-bond acceptors (Lipinski definition) is 4. The number of aromatic nitrogens is 2. The maximum Gasteiger partial charge on any atom is 0.161 e. The lowest BCUT2D eigenvalue weighted by Gasteiger charge is -2.31. The molecule has 1 fully saturated rings. The predicted octanol–water partition coefficient (Wildman–Crippen LogP) is 3.44. The van der Waals surface area contributed by atoms with Crippen molar-refractivity contribution in [3.05, 3.63) is 17.7 Å². The fourth-order valence-electron chi connectivity index (χ4n) is 2.87. The summed E-state index contributed by atoms with van der Waals surface area (Å²) in [6.45, 7) is 6.22. The third-order valence-electron chi connectivity index (χ3n) is 4.16. The molecule has 4 heteroatoms. The highest BCUT2D eigenvalue weighted by Gasteiger charge is 2.26. The minimum absolute atomic E-state index is 0.0961. The Bertz CT molecular complexity index is 434. The van der Waals surface area contributed by atoms with Gasteiger partial charge in [0.2, 0.25) is 0 Å². The number of aliphatic hydroxyl groups is 1. The second-order valence-corrected chi connectivity index (χ2v) is 5.96. The van der Waals surface area contributed by atoms with Crippen LogP contribution in [0.3, 0.4) is 0 Å². The summed E-state index contributed by atoms with van der Waals surface area (Å²) in [5.74, 6) is 2.28. The van der Waals surface area contributed by atoms with Crippen LogP contribution in [-0.4, -0.2) is 21.2 Å². The van der Waals surface area contributed by atoms with Gasteiger partial charge >= 0.3 is 0 Å². The third-order valence-corrected chi connectivity index (χ3v) is 4.16. The minimum atomic E-state index is -0.0961. The molecule has 112 valence electrons. The first-order valence-electron chi connectivity index (χ1n) is 7.79. The SMILES string of the molecule is CCC1CCCCC1Oc1cnc(C(C)C)nc1CO. The molecule has 20 heavy (non-hydrogen) atoms. The monoisotopic (exact) mass is 278 g/mol. The second kappa shape index (κ2) is 7.02. The van der Waals surface area contributed by atoms with Gasteiger partial charge in [-0.3, -0.25) is 0 Å². The number of hydrogen-bond donors (Lipinski definition) is 1. The number of ether oxygens (including phenoxy) is 1. The van der Waals surface area contributed by atoms with E-state index >= 15 is 0 Å². The van der Waals surface area contributed by atoms with Crippen LogP contribution in [0, 0.1) is 5.92 Å². The molecule has 0 radical (unpaired) electrons. The smallest absolute Gasteiger partial charge is 0.161 e. The normalized spacial score (nSPS) is 23.1. The quantitative estimate of drug-likeness (QED) is 0.896. The molecule has 2 atom stereocenters. The Morgan fingerprint density at radius 2 is 2.10 bits per heavy atom. The fraction of sp³-hybridized carbons (Fsp3) is 0.750. The van der Waals surface area contributed by atoms with Crippen molar-refractivity contribution >= 4 is 0 Å². The average Bonchev–Trinajstić information content (AvgIpc) is 2.48. The molecule has 2 rings (SSSR count). The van der Waals surface area contributed by atoms with Crippen molar-refractivity contribution in [2.45, 2.75) is 71.5 Å². The highest BCUT2D eigenvalue weighted by atomic mass is 16.5.